The third-order valence-corrected chi connectivity index (χ3v) is 2.94. The molecule has 22 heavy (non-hydrogen) atoms. The summed E-state index contributed by atoms with van der Waals surface area (Å²) in [4.78, 5) is 11.7. The summed E-state index contributed by atoms with van der Waals surface area (Å²) in [5, 5.41) is 6.64. The minimum absolute atomic E-state index is 0.342. The maximum atomic E-state index is 13.0. The number of aromatic nitrogens is 2. The summed E-state index contributed by atoms with van der Waals surface area (Å²) >= 11 is 0. The normalized spacial score (nSPS) is 12.8. The molecule has 0 unspecified atom stereocenters. The molecule has 0 spiro atoms. The van der Waals surface area contributed by atoms with Gasteiger partial charge in [0.15, 0.2) is 5.82 Å². The van der Waals surface area contributed by atoms with E-state index in [-0.39, 0.29) is 17.5 Å². The predicted octanol–water partition coefficient (Wildman–Crippen LogP) is 3.60. The van der Waals surface area contributed by atoms with Gasteiger partial charge in [0.1, 0.15) is 6.10 Å². The summed E-state index contributed by atoms with van der Waals surface area (Å²) < 4.78 is 19.7. The Kier molecular flexibility index (Phi) is 4.49. The Morgan fingerprint density at radius 3 is 2.45 bits per heavy atom. The van der Waals surface area contributed by atoms with Crippen LogP contribution in [0, 0.1) is 5.82 Å². The Balaban J connectivity index is 2.02. The van der Waals surface area contributed by atoms with Crippen molar-refractivity contribution < 1.29 is 13.9 Å². The lowest BCUT2D eigenvalue weighted by molar-refractivity contribution is 0.100. The number of amides is 1. The number of halogens is 1. The first-order chi connectivity index (χ1) is 10.2. The van der Waals surface area contributed by atoms with Gasteiger partial charge >= 0.3 is 6.09 Å². The SMILES string of the molecule is C[C@H](OC(=O)NC(C)(C)C)c1ccc(-n2cc(F)cn2)cc1. The average Bonchev–Trinajstić information content (AvgIpc) is 2.83. The van der Waals surface area contributed by atoms with Crippen molar-refractivity contribution in [3.63, 3.8) is 0 Å². The van der Waals surface area contributed by atoms with E-state index in [1.165, 1.54) is 10.9 Å². The van der Waals surface area contributed by atoms with Crippen molar-refractivity contribution in [3.05, 3.63) is 48.0 Å². The van der Waals surface area contributed by atoms with Gasteiger partial charge in [-0.25, -0.2) is 13.9 Å². The van der Waals surface area contributed by atoms with Crippen LogP contribution in [0.3, 0.4) is 0 Å². The molecule has 0 aliphatic carbocycles. The maximum absolute atomic E-state index is 13.0. The van der Waals surface area contributed by atoms with E-state index in [0.29, 0.717) is 0 Å². The van der Waals surface area contributed by atoms with Crippen molar-refractivity contribution >= 4 is 6.09 Å². The second-order valence-corrected chi connectivity index (χ2v) is 6.12. The number of hydrogen-bond acceptors (Lipinski definition) is 3. The first-order valence-corrected chi connectivity index (χ1v) is 7.04. The summed E-state index contributed by atoms with van der Waals surface area (Å²) in [6.07, 6.45) is 1.60. The number of carbonyl (C=O) groups excluding carboxylic acids is 1. The molecule has 0 saturated heterocycles. The lowest BCUT2D eigenvalue weighted by Crippen LogP contribution is -2.41. The Morgan fingerprint density at radius 1 is 1.32 bits per heavy atom. The molecule has 1 aromatic heterocycles. The van der Waals surface area contributed by atoms with Gasteiger partial charge in [-0.05, 0) is 45.4 Å². The molecule has 0 bridgehead atoms. The van der Waals surface area contributed by atoms with Gasteiger partial charge in [0.05, 0.1) is 18.1 Å². The molecule has 1 N–H and O–H groups in total. The maximum Gasteiger partial charge on any atom is 0.408 e. The number of ether oxygens (including phenoxy) is 1. The van der Waals surface area contributed by atoms with E-state index in [4.69, 9.17) is 4.74 Å². The number of rotatable bonds is 3. The molecule has 1 heterocycles. The van der Waals surface area contributed by atoms with Gasteiger partial charge < -0.3 is 10.1 Å². The fraction of sp³-hybridized carbons (Fsp3) is 0.375. The van der Waals surface area contributed by atoms with Crippen LogP contribution >= 0.6 is 0 Å². The van der Waals surface area contributed by atoms with Crippen molar-refractivity contribution in [2.75, 3.05) is 0 Å². The Morgan fingerprint density at radius 2 is 1.95 bits per heavy atom. The molecule has 0 aliphatic rings. The van der Waals surface area contributed by atoms with E-state index < -0.39 is 6.09 Å². The largest absolute Gasteiger partial charge is 0.442 e. The van der Waals surface area contributed by atoms with E-state index in [1.54, 1.807) is 19.1 Å². The Labute approximate surface area is 129 Å². The molecule has 1 aromatic carbocycles. The van der Waals surface area contributed by atoms with Crippen LogP contribution in [0.1, 0.15) is 39.4 Å². The van der Waals surface area contributed by atoms with E-state index in [9.17, 15) is 9.18 Å². The predicted molar refractivity (Wildman–Crippen MR) is 81.3 cm³/mol. The third kappa shape index (κ3) is 4.31. The molecular weight excluding hydrogens is 285 g/mol. The summed E-state index contributed by atoms with van der Waals surface area (Å²) in [6.45, 7) is 7.45. The zero-order valence-electron chi connectivity index (χ0n) is 13.1. The van der Waals surface area contributed by atoms with Gasteiger partial charge in [0.2, 0.25) is 0 Å². The third-order valence-electron chi connectivity index (χ3n) is 2.94. The molecule has 5 nitrogen and oxygen atoms in total. The molecule has 2 rings (SSSR count). The van der Waals surface area contributed by atoms with E-state index in [2.05, 4.69) is 10.4 Å². The Bertz CT molecular complexity index is 644. The highest BCUT2D eigenvalue weighted by molar-refractivity contribution is 5.68. The van der Waals surface area contributed by atoms with E-state index in [0.717, 1.165) is 17.4 Å². The van der Waals surface area contributed by atoms with Gasteiger partial charge in [0.25, 0.3) is 0 Å². The topological polar surface area (TPSA) is 56.1 Å². The van der Waals surface area contributed by atoms with Crippen LogP contribution in [0.15, 0.2) is 36.7 Å². The highest BCUT2D eigenvalue weighted by Crippen LogP contribution is 2.19. The highest BCUT2D eigenvalue weighted by Gasteiger charge is 2.17. The van der Waals surface area contributed by atoms with Crippen molar-refractivity contribution in [3.8, 4) is 5.69 Å². The number of nitrogens with zero attached hydrogens (tertiary/aromatic N) is 2. The number of carbonyl (C=O) groups is 1. The van der Waals surface area contributed by atoms with Gasteiger partial charge in [-0.2, -0.15) is 5.10 Å². The van der Waals surface area contributed by atoms with Crippen molar-refractivity contribution in [1.82, 2.24) is 15.1 Å². The standard InChI is InChI=1S/C16H20FN3O2/c1-11(22-15(21)19-16(2,3)4)12-5-7-14(8-6-12)20-10-13(17)9-18-20/h5-11H,1-4H3,(H,19,21)/t11-/m0/s1. The molecule has 118 valence electrons. The second-order valence-electron chi connectivity index (χ2n) is 6.12. The molecular formula is C16H20FN3O2. The van der Waals surface area contributed by atoms with Crippen LogP contribution in [-0.2, 0) is 4.74 Å². The molecule has 0 saturated carbocycles. The fourth-order valence-corrected chi connectivity index (χ4v) is 1.90. The van der Waals surface area contributed by atoms with E-state index >= 15 is 0 Å². The molecule has 0 fully saturated rings. The van der Waals surface area contributed by atoms with Crippen LogP contribution in [0.5, 0.6) is 0 Å². The zero-order chi connectivity index (χ0) is 16.3. The van der Waals surface area contributed by atoms with Crippen LogP contribution in [0.25, 0.3) is 5.69 Å². The van der Waals surface area contributed by atoms with Gasteiger partial charge in [-0.3, -0.25) is 0 Å². The van der Waals surface area contributed by atoms with Crippen molar-refractivity contribution in [2.45, 2.75) is 39.3 Å². The smallest absolute Gasteiger partial charge is 0.408 e. The minimum atomic E-state index is -0.460. The van der Waals surface area contributed by atoms with Crippen LogP contribution in [0.2, 0.25) is 0 Å². The molecule has 6 heteroatoms. The quantitative estimate of drug-likeness (QED) is 0.942. The van der Waals surface area contributed by atoms with Crippen molar-refractivity contribution in [2.24, 2.45) is 0 Å². The summed E-state index contributed by atoms with van der Waals surface area (Å²) in [6, 6.07) is 7.24. The monoisotopic (exact) mass is 305 g/mol. The molecule has 1 atom stereocenters. The Hall–Kier alpha value is -2.37. The minimum Gasteiger partial charge on any atom is -0.442 e. The summed E-state index contributed by atoms with van der Waals surface area (Å²) in [7, 11) is 0. The van der Waals surface area contributed by atoms with Crippen molar-refractivity contribution in [1.29, 1.82) is 0 Å². The molecule has 1 amide bonds. The summed E-state index contributed by atoms with van der Waals surface area (Å²) in [5.41, 5.74) is 1.24. The number of benzene rings is 1. The van der Waals surface area contributed by atoms with Crippen LogP contribution < -0.4 is 5.32 Å². The number of nitrogens with one attached hydrogen (secondary N) is 1. The molecule has 2 aromatic rings. The molecule has 0 aliphatic heterocycles. The number of alkyl carbamates (subject to hydrolysis) is 1. The van der Waals surface area contributed by atoms with Crippen LogP contribution in [-0.4, -0.2) is 21.4 Å². The lowest BCUT2D eigenvalue weighted by Gasteiger charge is -2.22. The zero-order valence-corrected chi connectivity index (χ0v) is 13.1. The second kappa shape index (κ2) is 6.17. The fourth-order valence-electron chi connectivity index (χ4n) is 1.90. The van der Waals surface area contributed by atoms with E-state index in [1.807, 2.05) is 32.9 Å². The highest BCUT2D eigenvalue weighted by atomic mass is 19.1. The first-order valence-electron chi connectivity index (χ1n) is 7.04. The average molecular weight is 305 g/mol. The number of hydrogen-bond donors (Lipinski definition) is 1. The molecule has 0 radical (unpaired) electrons. The summed E-state index contributed by atoms with van der Waals surface area (Å²) in [5.74, 6) is -0.389. The van der Waals surface area contributed by atoms with Gasteiger partial charge in [-0.1, -0.05) is 12.1 Å². The lowest BCUT2D eigenvalue weighted by atomic mass is 10.1. The van der Waals surface area contributed by atoms with Gasteiger partial charge in [-0.15, -0.1) is 0 Å². The first kappa shape index (κ1) is 16.0. The van der Waals surface area contributed by atoms with Crippen LogP contribution in [0.4, 0.5) is 9.18 Å². The van der Waals surface area contributed by atoms with Gasteiger partial charge in [0, 0.05) is 5.54 Å².